The van der Waals surface area contributed by atoms with Crippen molar-refractivity contribution in [2.24, 2.45) is 20.7 Å². The van der Waals surface area contributed by atoms with Crippen molar-refractivity contribution >= 4 is 37.3 Å². The fourth-order valence-corrected chi connectivity index (χ4v) is 3.10. The second-order valence-electron chi connectivity index (χ2n) is 5.01. The SMILES string of the molecule is NC1=NC(=O)N=C2C1=NC(=O)N2[C@H]1C[C@H](OP(=O)(O)O)[C@@H](CO)O1. The minimum Gasteiger partial charge on any atom is -0.394 e. The summed E-state index contributed by atoms with van der Waals surface area (Å²) in [6.45, 7) is -0.605. The van der Waals surface area contributed by atoms with Gasteiger partial charge in [0.25, 0.3) is 0 Å². The summed E-state index contributed by atoms with van der Waals surface area (Å²) in [6, 6.07) is -1.77. The van der Waals surface area contributed by atoms with Gasteiger partial charge >= 0.3 is 19.9 Å². The van der Waals surface area contributed by atoms with E-state index in [2.05, 4.69) is 19.5 Å². The number of urea groups is 2. The average molecular weight is 361 g/mol. The van der Waals surface area contributed by atoms with Gasteiger partial charge in [-0.2, -0.15) is 15.0 Å². The molecule has 0 aliphatic carbocycles. The van der Waals surface area contributed by atoms with Gasteiger partial charge in [-0.15, -0.1) is 0 Å². The first-order valence-electron chi connectivity index (χ1n) is 6.59. The largest absolute Gasteiger partial charge is 0.469 e. The van der Waals surface area contributed by atoms with E-state index in [4.69, 9.17) is 20.3 Å². The molecule has 0 saturated carbocycles. The molecule has 24 heavy (non-hydrogen) atoms. The fourth-order valence-electron chi connectivity index (χ4n) is 2.52. The van der Waals surface area contributed by atoms with Crippen LogP contribution < -0.4 is 5.73 Å². The fraction of sp³-hybridized carbons (Fsp3) is 0.500. The van der Waals surface area contributed by atoms with Crippen molar-refractivity contribution < 1.29 is 38.3 Å². The van der Waals surface area contributed by atoms with Crippen LogP contribution in [0.2, 0.25) is 0 Å². The number of hydrogen-bond acceptors (Lipinski definition) is 7. The highest BCUT2D eigenvalue weighted by Crippen LogP contribution is 2.42. The lowest BCUT2D eigenvalue weighted by Crippen LogP contribution is -2.46. The van der Waals surface area contributed by atoms with Crippen LogP contribution in [0.25, 0.3) is 0 Å². The molecule has 0 bridgehead atoms. The molecule has 3 rings (SSSR count). The number of ether oxygens (including phenoxy) is 1. The number of amides is 4. The summed E-state index contributed by atoms with van der Waals surface area (Å²) in [4.78, 5) is 52.7. The van der Waals surface area contributed by atoms with Crippen LogP contribution in [-0.2, 0) is 13.8 Å². The molecule has 0 unspecified atom stereocenters. The Morgan fingerprint density at radius 3 is 2.67 bits per heavy atom. The van der Waals surface area contributed by atoms with Gasteiger partial charge in [-0.3, -0.25) is 4.52 Å². The third-order valence-electron chi connectivity index (χ3n) is 3.43. The first-order chi connectivity index (χ1) is 11.2. The highest BCUT2D eigenvalue weighted by molar-refractivity contribution is 7.46. The highest BCUT2D eigenvalue weighted by Gasteiger charge is 2.48. The molecule has 3 aliphatic rings. The lowest BCUT2D eigenvalue weighted by Gasteiger charge is -2.23. The number of carbonyl (C=O) groups is 2. The number of carbonyl (C=O) groups excluding carboxylic acids is 2. The third-order valence-corrected chi connectivity index (χ3v) is 3.98. The minimum absolute atomic E-state index is 0.0943. The van der Waals surface area contributed by atoms with Gasteiger partial charge in [-0.25, -0.2) is 19.1 Å². The molecule has 3 atom stereocenters. The maximum Gasteiger partial charge on any atom is 0.469 e. The molecule has 130 valence electrons. The monoisotopic (exact) mass is 361 g/mol. The van der Waals surface area contributed by atoms with E-state index in [0.717, 1.165) is 4.90 Å². The van der Waals surface area contributed by atoms with E-state index in [1.54, 1.807) is 0 Å². The number of phosphoric ester groups is 1. The van der Waals surface area contributed by atoms with E-state index in [1.165, 1.54) is 0 Å². The van der Waals surface area contributed by atoms with E-state index in [1.807, 2.05) is 0 Å². The van der Waals surface area contributed by atoms with Crippen molar-refractivity contribution in [1.82, 2.24) is 4.90 Å². The number of phosphoric acid groups is 1. The Hall–Kier alpha value is -2.02. The zero-order valence-electron chi connectivity index (χ0n) is 11.8. The van der Waals surface area contributed by atoms with Gasteiger partial charge in [0.05, 0.1) is 6.61 Å². The highest BCUT2D eigenvalue weighted by atomic mass is 31.2. The summed E-state index contributed by atoms with van der Waals surface area (Å²) >= 11 is 0. The Balaban J connectivity index is 1.84. The number of nitrogens with two attached hydrogens (primary N) is 1. The van der Waals surface area contributed by atoms with Gasteiger partial charge in [-0.05, 0) is 0 Å². The van der Waals surface area contributed by atoms with Crippen LogP contribution in [-0.4, -0.2) is 74.3 Å². The first-order valence-corrected chi connectivity index (χ1v) is 8.12. The summed E-state index contributed by atoms with van der Waals surface area (Å²) in [5.74, 6) is -0.448. The average Bonchev–Trinajstić information content (AvgIpc) is 2.97. The maximum atomic E-state index is 12.1. The Bertz CT molecular complexity index is 742. The molecule has 3 aliphatic heterocycles. The summed E-state index contributed by atoms with van der Waals surface area (Å²) in [5, 5.41) is 9.26. The molecule has 13 nitrogen and oxygen atoms in total. The minimum atomic E-state index is -4.83. The number of aliphatic hydroxyl groups is 1. The molecule has 0 aromatic carbocycles. The van der Waals surface area contributed by atoms with Crippen LogP contribution >= 0.6 is 7.82 Å². The molecule has 1 fully saturated rings. The standard InChI is InChI=1S/C10H12N5O8P/c11-7-6-8(14-9(17)13-7)15(10(18)12-6)5-1-3(4(2-16)22-5)23-24(19,20)21/h3-5,16H,1-2H2,(H2,11,13,17)(H2,19,20,21)/t3-,4+,5+/m0/s1. The van der Waals surface area contributed by atoms with Crippen LogP contribution in [0.4, 0.5) is 9.59 Å². The quantitative estimate of drug-likeness (QED) is 0.423. The number of amidine groups is 2. The van der Waals surface area contributed by atoms with Gasteiger partial charge < -0.3 is 25.4 Å². The van der Waals surface area contributed by atoms with Crippen LogP contribution in [0, 0.1) is 0 Å². The molecule has 4 amide bonds. The molecule has 5 N–H and O–H groups in total. The van der Waals surface area contributed by atoms with E-state index >= 15 is 0 Å². The van der Waals surface area contributed by atoms with Crippen molar-refractivity contribution in [2.45, 2.75) is 24.9 Å². The molecule has 0 spiro atoms. The Kier molecular flexibility index (Phi) is 4.07. The third kappa shape index (κ3) is 3.00. The van der Waals surface area contributed by atoms with Crippen molar-refractivity contribution in [1.29, 1.82) is 0 Å². The molecule has 14 heteroatoms. The second kappa shape index (κ2) is 5.81. The zero-order valence-corrected chi connectivity index (χ0v) is 12.7. The zero-order chi connectivity index (χ0) is 17.6. The van der Waals surface area contributed by atoms with E-state index in [-0.39, 0.29) is 23.8 Å². The normalized spacial score (nSPS) is 30.2. The van der Waals surface area contributed by atoms with Crippen molar-refractivity contribution in [3.8, 4) is 0 Å². The lowest BCUT2D eigenvalue weighted by atomic mass is 10.2. The lowest BCUT2D eigenvalue weighted by molar-refractivity contribution is -0.0466. The molecular weight excluding hydrogens is 349 g/mol. The number of aliphatic imine (C=N–C) groups is 3. The predicted molar refractivity (Wildman–Crippen MR) is 76.4 cm³/mol. The molecule has 0 aromatic heterocycles. The second-order valence-corrected chi connectivity index (χ2v) is 6.20. The molecule has 1 saturated heterocycles. The van der Waals surface area contributed by atoms with E-state index < -0.39 is 44.9 Å². The van der Waals surface area contributed by atoms with Crippen LogP contribution in [0.1, 0.15) is 6.42 Å². The summed E-state index contributed by atoms with van der Waals surface area (Å²) in [6.07, 6.45) is -3.56. The smallest absolute Gasteiger partial charge is 0.394 e. The van der Waals surface area contributed by atoms with Gasteiger partial charge in [0.2, 0.25) is 0 Å². The van der Waals surface area contributed by atoms with E-state index in [9.17, 15) is 19.3 Å². The number of aliphatic hydroxyl groups excluding tert-OH is 1. The number of rotatable bonds is 4. The molecule has 0 aromatic rings. The van der Waals surface area contributed by atoms with Crippen molar-refractivity contribution in [2.75, 3.05) is 6.61 Å². The summed E-state index contributed by atoms with van der Waals surface area (Å²) in [5.41, 5.74) is 5.43. The summed E-state index contributed by atoms with van der Waals surface area (Å²) < 4.78 is 20.9. The molecular formula is C10H12N5O8P. The summed E-state index contributed by atoms with van der Waals surface area (Å²) in [7, 11) is -4.83. The van der Waals surface area contributed by atoms with Gasteiger partial charge in [0.1, 0.15) is 18.4 Å². The number of hydrogen-bond donors (Lipinski definition) is 4. The first kappa shape index (κ1) is 16.8. The van der Waals surface area contributed by atoms with Crippen LogP contribution in [0.3, 0.4) is 0 Å². The maximum absolute atomic E-state index is 12.1. The van der Waals surface area contributed by atoms with Crippen LogP contribution in [0.15, 0.2) is 15.0 Å². The van der Waals surface area contributed by atoms with Crippen molar-refractivity contribution in [3.63, 3.8) is 0 Å². The predicted octanol–water partition coefficient (Wildman–Crippen LogP) is -1.66. The molecule has 0 radical (unpaired) electrons. The Labute approximate surface area is 133 Å². The number of nitrogens with zero attached hydrogens (tertiary/aromatic N) is 4. The Morgan fingerprint density at radius 2 is 2.04 bits per heavy atom. The molecule has 3 heterocycles. The van der Waals surface area contributed by atoms with Gasteiger partial charge in [0, 0.05) is 6.42 Å². The van der Waals surface area contributed by atoms with E-state index in [0.29, 0.717) is 0 Å². The van der Waals surface area contributed by atoms with Gasteiger partial charge in [0.15, 0.2) is 17.4 Å². The number of fused-ring (bicyclic) bond motifs is 1. The van der Waals surface area contributed by atoms with Crippen LogP contribution in [0.5, 0.6) is 0 Å². The Morgan fingerprint density at radius 1 is 1.33 bits per heavy atom. The van der Waals surface area contributed by atoms with Gasteiger partial charge in [-0.1, -0.05) is 0 Å². The van der Waals surface area contributed by atoms with Crippen molar-refractivity contribution in [3.05, 3.63) is 0 Å². The topological polar surface area (TPSA) is 197 Å².